The van der Waals surface area contributed by atoms with Gasteiger partial charge in [-0.1, -0.05) is 26.8 Å². The molecule has 10 heteroatoms. The summed E-state index contributed by atoms with van der Waals surface area (Å²) >= 11 is 0. The lowest BCUT2D eigenvalue weighted by Gasteiger charge is -2.57. The van der Waals surface area contributed by atoms with Crippen LogP contribution in [0.3, 0.4) is 0 Å². The summed E-state index contributed by atoms with van der Waals surface area (Å²) < 4.78 is 24.5. The molecular weight excluding hydrogens is 552 g/mol. The number of aliphatic hydroxyl groups excluding tert-OH is 2. The summed E-state index contributed by atoms with van der Waals surface area (Å²) in [5.74, 6) is 2.30. The minimum Gasteiger partial charge on any atom is -0.543 e. The van der Waals surface area contributed by atoms with E-state index < -0.39 is 26.6 Å². The van der Waals surface area contributed by atoms with E-state index in [0.717, 1.165) is 33.5 Å². The van der Waals surface area contributed by atoms with Crippen molar-refractivity contribution in [3.8, 4) is 28.7 Å². The number of methoxy groups -OCH3 is 3. The van der Waals surface area contributed by atoms with Crippen molar-refractivity contribution in [1.29, 1.82) is 0 Å². The molecule has 0 unspecified atom stereocenters. The van der Waals surface area contributed by atoms with Crippen LogP contribution in [0.2, 0.25) is 18.1 Å². The number of rotatable bonds is 6. The first-order chi connectivity index (χ1) is 19.6. The van der Waals surface area contributed by atoms with Crippen molar-refractivity contribution < 1.29 is 34.0 Å². The van der Waals surface area contributed by atoms with Crippen molar-refractivity contribution in [3.05, 3.63) is 45.1 Å². The summed E-state index contributed by atoms with van der Waals surface area (Å²) in [5.41, 5.74) is 5.66. The Morgan fingerprint density at radius 3 is 2.14 bits per heavy atom. The fraction of sp³-hybridized carbons (Fsp3) is 0.562. The summed E-state index contributed by atoms with van der Waals surface area (Å²) in [6.45, 7) is 14.6. The molecule has 2 aromatic rings. The predicted octanol–water partition coefficient (Wildman–Crippen LogP) is 5.04. The molecule has 2 bridgehead atoms. The van der Waals surface area contributed by atoms with Crippen LogP contribution >= 0.6 is 0 Å². The third-order valence-corrected chi connectivity index (χ3v) is 14.3. The van der Waals surface area contributed by atoms with Crippen molar-refractivity contribution in [2.45, 2.75) is 83.5 Å². The molecule has 5 rings (SSSR count). The van der Waals surface area contributed by atoms with Gasteiger partial charge in [-0.2, -0.15) is 0 Å². The molecule has 42 heavy (non-hydrogen) atoms. The lowest BCUT2D eigenvalue weighted by Crippen LogP contribution is -2.62. The van der Waals surface area contributed by atoms with E-state index in [1.165, 1.54) is 0 Å². The van der Waals surface area contributed by atoms with Crippen LogP contribution in [-0.2, 0) is 6.42 Å². The van der Waals surface area contributed by atoms with Gasteiger partial charge >= 0.3 is 0 Å². The van der Waals surface area contributed by atoms with E-state index in [0.29, 0.717) is 35.0 Å². The molecule has 0 aliphatic carbocycles. The number of piperazine rings is 1. The van der Waals surface area contributed by atoms with E-state index in [9.17, 15) is 15.3 Å². The van der Waals surface area contributed by atoms with Crippen molar-refractivity contribution >= 4 is 14.4 Å². The minimum absolute atomic E-state index is 0.0688. The molecule has 230 valence electrons. The van der Waals surface area contributed by atoms with Gasteiger partial charge in [0.25, 0.3) is 8.32 Å². The summed E-state index contributed by atoms with van der Waals surface area (Å²) in [4.78, 5) is 4.00. The Bertz CT molecular complexity index is 1450. The van der Waals surface area contributed by atoms with Crippen LogP contribution in [0, 0.1) is 13.8 Å². The first-order valence-corrected chi connectivity index (χ1v) is 17.4. The zero-order chi connectivity index (χ0) is 31.0. The van der Waals surface area contributed by atoms with E-state index in [2.05, 4.69) is 38.8 Å². The molecule has 0 radical (unpaired) electrons. The van der Waals surface area contributed by atoms with Crippen molar-refractivity contribution in [3.63, 3.8) is 0 Å². The Kier molecular flexibility index (Phi) is 7.53. The van der Waals surface area contributed by atoms with Gasteiger partial charge in [-0.3, -0.25) is 4.90 Å². The number of ether oxygens (including phenoxy) is 3. The molecule has 2 aromatic carbocycles. The Balaban J connectivity index is 1.86. The van der Waals surface area contributed by atoms with E-state index in [4.69, 9.17) is 18.6 Å². The summed E-state index contributed by atoms with van der Waals surface area (Å²) in [5, 5.41) is 34.4. The number of aryl methyl sites for hydroxylation is 1. The predicted molar refractivity (Wildman–Crippen MR) is 165 cm³/mol. The van der Waals surface area contributed by atoms with Gasteiger partial charge in [0.2, 0.25) is 0 Å². The Morgan fingerprint density at radius 2 is 1.60 bits per heavy atom. The molecular formula is C32H46N2O7Si. The van der Waals surface area contributed by atoms with Crippen molar-refractivity contribution in [2.75, 3.05) is 35.0 Å². The monoisotopic (exact) mass is 598 g/mol. The Morgan fingerprint density at radius 1 is 0.976 bits per heavy atom. The summed E-state index contributed by atoms with van der Waals surface area (Å²) in [7, 11) is 4.41. The molecule has 3 aliphatic rings. The first-order valence-electron chi connectivity index (χ1n) is 14.5. The molecule has 0 amide bonds. The smallest absolute Gasteiger partial charge is 0.250 e. The van der Waals surface area contributed by atoms with Gasteiger partial charge in [-0.05, 0) is 62.7 Å². The average Bonchev–Trinajstić information content (AvgIpc) is 2.91. The number of fused-ring (bicyclic) bond motifs is 7. The number of aromatic hydroxyl groups is 1. The zero-order valence-corrected chi connectivity index (χ0v) is 27.7. The lowest BCUT2D eigenvalue weighted by molar-refractivity contribution is -0.116. The SMILES string of the molecule is COc1c(C)cc2c(c1O)[C@@H]1C3=Cc4c(O[Si](C)(C)C(C)(C)C)c(C)c(OC)c(OC)c4[C@H](CO)N3[C@@H](O)[C@@H](C2)N1C. The second kappa shape index (κ2) is 10.4. The maximum Gasteiger partial charge on any atom is 0.250 e. The van der Waals surface area contributed by atoms with Gasteiger partial charge in [0.1, 0.15) is 12.0 Å². The Hall–Kier alpha value is -2.92. The van der Waals surface area contributed by atoms with Crippen LogP contribution in [0.4, 0.5) is 0 Å². The number of hydrogen-bond acceptors (Lipinski definition) is 9. The fourth-order valence-electron chi connectivity index (χ4n) is 6.80. The fourth-order valence-corrected chi connectivity index (χ4v) is 7.88. The highest BCUT2D eigenvalue weighted by molar-refractivity contribution is 6.74. The highest BCUT2D eigenvalue weighted by Gasteiger charge is 2.53. The normalized spacial score (nSPS) is 23.5. The van der Waals surface area contributed by atoms with Crippen LogP contribution in [0.25, 0.3) is 6.08 Å². The second-order valence-electron chi connectivity index (χ2n) is 13.3. The number of benzene rings is 2. The second-order valence-corrected chi connectivity index (χ2v) is 18.0. The molecule has 0 aromatic heterocycles. The largest absolute Gasteiger partial charge is 0.543 e. The molecule has 0 saturated carbocycles. The highest BCUT2D eigenvalue weighted by atomic mass is 28.4. The van der Waals surface area contributed by atoms with Gasteiger partial charge in [0.15, 0.2) is 23.0 Å². The third kappa shape index (κ3) is 4.21. The number of nitrogens with zero attached hydrogens (tertiary/aromatic N) is 2. The molecule has 3 aliphatic heterocycles. The molecule has 9 nitrogen and oxygen atoms in total. The lowest BCUT2D eigenvalue weighted by atomic mass is 9.77. The van der Waals surface area contributed by atoms with Crippen LogP contribution in [0.1, 0.15) is 66.2 Å². The molecule has 0 spiro atoms. The van der Waals surface area contributed by atoms with Crippen molar-refractivity contribution in [2.24, 2.45) is 0 Å². The molecule has 3 N–H and O–H groups in total. The number of aliphatic hydroxyl groups is 2. The maximum atomic E-state index is 11.9. The third-order valence-electron chi connectivity index (χ3n) is 9.98. The van der Waals surface area contributed by atoms with Gasteiger partial charge in [0, 0.05) is 28.0 Å². The maximum absolute atomic E-state index is 11.9. The highest BCUT2D eigenvalue weighted by Crippen LogP contribution is 2.58. The number of hydrogen-bond donors (Lipinski definition) is 3. The quantitative estimate of drug-likeness (QED) is 0.395. The molecule has 1 fully saturated rings. The average molecular weight is 599 g/mol. The molecule has 4 atom stereocenters. The van der Waals surface area contributed by atoms with E-state index in [-0.39, 0.29) is 23.4 Å². The van der Waals surface area contributed by atoms with E-state index >= 15 is 0 Å². The van der Waals surface area contributed by atoms with Crippen LogP contribution in [0.15, 0.2) is 11.8 Å². The Labute approximate surface area is 250 Å². The minimum atomic E-state index is -2.33. The molecule has 3 heterocycles. The van der Waals surface area contributed by atoms with Gasteiger partial charge in [-0.25, -0.2) is 0 Å². The van der Waals surface area contributed by atoms with Crippen LogP contribution in [0.5, 0.6) is 28.7 Å². The number of likely N-dealkylation sites (N-methyl/N-ethyl adjacent to an activating group) is 1. The number of phenols is 1. The summed E-state index contributed by atoms with van der Waals surface area (Å²) in [6.07, 6.45) is 1.65. The van der Waals surface area contributed by atoms with Crippen LogP contribution < -0.4 is 18.6 Å². The van der Waals surface area contributed by atoms with Gasteiger partial charge < -0.3 is 38.9 Å². The first kappa shape index (κ1) is 30.5. The summed E-state index contributed by atoms with van der Waals surface area (Å²) in [6, 6.07) is 0.737. The van der Waals surface area contributed by atoms with Crippen molar-refractivity contribution in [1.82, 2.24) is 9.80 Å². The van der Waals surface area contributed by atoms with Gasteiger partial charge in [-0.15, -0.1) is 0 Å². The number of phenolic OH excluding ortho intramolecular Hbond substituents is 1. The van der Waals surface area contributed by atoms with Gasteiger partial charge in [0.05, 0.1) is 46.1 Å². The standard InChI is InChI=1S/C32H46N2O7Si/c1-16-12-18-13-21-31(37)34-20(25(33(21)6)23(18)26(36)27(16)38-7)14-19-24(22(34)15-35)30(40-9)29(39-8)17(2)28(19)41-42(10,11)32(3,4)5/h12,14,21-22,25,31,35-37H,13,15H2,1-11H3/t21-,22+,25+,31+/m1/s1. The topological polar surface area (TPSA) is 104 Å². The molecule has 1 saturated heterocycles. The zero-order valence-electron chi connectivity index (χ0n) is 26.7. The van der Waals surface area contributed by atoms with E-state index in [1.807, 2.05) is 37.9 Å². The van der Waals surface area contributed by atoms with Crippen LogP contribution in [-0.4, -0.2) is 80.7 Å². The van der Waals surface area contributed by atoms with E-state index in [1.54, 1.807) is 21.3 Å².